The van der Waals surface area contributed by atoms with Gasteiger partial charge in [-0.1, -0.05) is 6.92 Å². The van der Waals surface area contributed by atoms with Crippen molar-refractivity contribution in [2.24, 2.45) is 11.3 Å². The second kappa shape index (κ2) is 5.47. The molecule has 2 aliphatic heterocycles. The van der Waals surface area contributed by atoms with E-state index in [0.29, 0.717) is 11.4 Å². The molecule has 0 spiro atoms. The van der Waals surface area contributed by atoms with Crippen LogP contribution in [-0.4, -0.2) is 36.1 Å². The summed E-state index contributed by atoms with van der Waals surface area (Å²) in [5.74, 6) is 2.05. The molecule has 2 atom stereocenters. The van der Waals surface area contributed by atoms with Crippen LogP contribution in [0.1, 0.15) is 6.92 Å². The molecular weight excluding hydrogens is 273 g/mol. The van der Waals surface area contributed by atoms with E-state index in [1.807, 2.05) is 6.07 Å². The summed E-state index contributed by atoms with van der Waals surface area (Å²) in [5, 5.41) is 3.46. The molecule has 1 aromatic heterocycles. The lowest BCUT2D eigenvalue weighted by molar-refractivity contribution is 0.338. The molecule has 0 radical (unpaired) electrons. The minimum Gasteiger partial charge on any atom is -0.368 e. The summed E-state index contributed by atoms with van der Waals surface area (Å²) in [6, 6.07) is 1.94. The maximum Gasteiger partial charge on any atom is 0.221 e. The summed E-state index contributed by atoms with van der Waals surface area (Å²) >= 11 is 0. The molecule has 0 bridgehead atoms. The van der Waals surface area contributed by atoms with E-state index in [4.69, 9.17) is 5.73 Å². The van der Waals surface area contributed by atoms with Gasteiger partial charge in [0.2, 0.25) is 5.95 Å². The topological polar surface area (TPSA) is 67.1 Å². The lowest BCUT2D eigenvalue weighted by Crippen LogP contribution is -2.30. The minimum atomic E-state index is 0. The average Bonchev–Trinajstić information content (AvgIpc) is 2.72. The van der Waals surface area contributed by atoms with Crippen LogP contribution in [0.2, 0.25) is 0 Å². The summed E-state index contributed by atoms with van der Waals surface area (Å²) in [7, 11) is 0. The van der Waals surface area contributed by atoms with E-state index in [1.165, 1.54) is 0 Å². The first-order chi connectivity index (χ1) is 7.67. The Morgan fingerprint density at radius 3 is 2.94 bits per heavy atom. The number of hydrogen-bond donors (Lipinski definition) is 2. The molecule has 5 nitrogen and oxygen atoms in total. The summed E-state index contributed by atoms with van der Waals surface area (Å²) in [6.45, 7) is 6.70. The van der Waals surface area contributed by atoms with Crippen molar-refractivity contribution in [3.05, 3.63) is 12.3 Å². The lowest BCUT2D eigenvalue weighted by Gasteiger charge is -2.22. The van der Waals surface area contributed by atoms with Crippen LogP contribution in [0.25, 0.3) is 0 Å². The van der Waals surface area contributed by atoms with Crippen molar-refractivity contribution in [3.8, 4) is 0 Å². The van der Waals surface area contributed by atoms with Crippen molar-refractivity contribution in [3.63, 3.8) is 0 Å². The Labute approximate surface area is 119 Å². The Morgan fingerprint density at radius 1 is 1.50 bits per heavy atom. The summed E-state index contributed by atoms with van der Waals surface area (Å²) < 4.78 is 0. The number of halogens is 2. The van der Waals surface area contributed by atoms with Crippen molar-refractivity contribution < 1.29 is 0 Å². The van der Waals surface area contributed by atoms with Gasteiger partial charge in [-0.05, 0) is 12.0 Å². The predicted molar refractivity (Wildman–Crippen MR) is 77.6 cm³/mol. The Hall–Kier alpha value is -0.780. The van der Waals surface area contributed by atoms with Gasteiger partial charge in [-0.3, -0.25) is 0 Å². The van der Waals surface area contributed by atoms with Crippen LogP contribution in [0.4, 0.5) is 11.8 Å². The monoisotopic (exact) mass is 291 g/mol. The third-order valence-electron chi connectivity index (χ3n) is 3.88. The van der Waals surface area contributed by atoms with E-state index in [9.17, 15) is 0 Å². The van der Waals surface area contributed by atoms with Crippen LogP contribution in [0.3, 0.4) is 0 Å². The van der Waals surface area contributed by atoms with Crippen molar-refractivity contribution in [2.45, 2.75) is 6.92 Å². The normalized spacial score (nSPS) is 29.4. The molecule has 0 unspecified atom stereocenters. The first kappa shape index (κ1) is 15.3. The van der Waals surface area contributed by atoms with Gasteiger partial charge in [-0.15, -0.1) is 24.8 Å². The first-order valence-corrected chi connectivity index (χ1v) is 5.72. The molecule has 7 heteroatoms. The molecule has 2 aliphatic rings. The molecule has 3 rings (SSSR count). The van der Waals surface area contributed by atoms with Crippen LogP contribution in [0.5, 0.6) is 0 Å². The molecule has 0 saturated carbocycles. The number of nitrogens with two attached hydrogens (primary N) is 1. The third-order valence-corrected chi connectivity index (χ3v) is 3.88. The first-order valence-electron chi connectivity index (χ1n) is 5.72. The Morgan fingerprint density at radius 2 is 2.28 bits per heavy atom. The fraction of sp³-hybridized carbons (Fsp3) is 0.636. The number of nitrogen functional groups attached to an aromatic ring is 1. The van der Waals surface area contributed by atoms with E-state index in [-0.39, 0.29) is 24.8 Å². The number of nitrogens with one attached hydrogen (secondary N) is 1. The largest absolute Gasteiger partial charge is 0.368 e. The van der Waals surface area contributed by atoms with E-state index >= 15 is 0 Å². The quantitative estimate of drug-likeness (QED) is 0.806. The lowest BCUT2D eigenvalue weighted by atomic mass is 9.83. The third kappa shape index (κ3) is 2.48. The maximum absolute atomic E-state index is 5.61. The Kier molecular flexibility index (Phi) is 4.64. The fourth-order valence-electron chi connectivity index (χ4n) is 2.87. The van der Waals surface area contributed by atoms with Crippen LogP contribution in [0, 0.1) is 11.3 Å². The number of anilines is 2. The Bertz CT molecular complexity index is 416. The molecule has 0 aromatic carbocycles. The molecule has 3 N–H and O–H groups in total. The van der Waals surface area contributed by atoms with Crippen LogP contribution in [-0.2, 0) is 0 Å². The minimum absolute atomic E-state index is 0. The van der Waals surface area contributed by atoms with Crippen molar-refractivity contribution in [1.82, 2.24) is 15.3 Å². The Balaban J connectivity index is 0.000000810. The second-order valence-electron chi connectivity index (χ2n) is 5.14. The van der Waals surface area contributed by atoms with Gasteiger partial charge in [0.05, 0.1) is 0 Å². The van der Waals surface area contributed by atoms with Gasteiger partial charge in [-0.2, -0.15) is 4.98 Å². The number of nitrogens with zero attached hydrogens (tertiary/aromatic N) is 3. The molecule has 1 aromatic rings. The molecular formula is C11H19Cl2N5. The highest BCUT2D eigenvalue weighted by Gasteiger charge is 2.46. The highest BCUT2D eigenvalue weighted by atomic mass is 35.5. The smallest absolute Gasteiger partial charge is 0.221 e. The standard InChI is InChI=1S/C11H17N5.2ClH/c1-11-6-13-4-8(11)5-16(7-11)9-2-3-14-10(12)15-9;;/h2-3,8,13H,4-7H2,1H3,(H2,12,14,15);2*1H/t8-,11+;;/m0../s1. The van der Waals surface area contributed by atoms with Crippen molar-refractivity contribution in [1.29, 1.82) is 0 Å². The summed E-state index contributed by atoms with van der Waals surface area (Å²) in [5.41, 5.74) is 6.00. The highest BCUT2D eigenvalue weighted by molar-refractivity contribution is 5.85. The molecule has 2 fully saturated rings. The zero-order valence-electron chi connectivity index (χ0n) is 10.3. The van der Waals surface area contributed by atoms with E-state index < -0.39 is 0 Å². The molecule has 3 heterocycles. The molecule has 102 valence electrons. The number of hydrogen-bond acceptors (Lipinski definition) is 5. The van der Waals surface area contributed by atoms with Gasteiger partial charge in [0.1, 0.15) is 5.82 Å². The van der Waals surface area contributed by atoms with Gasteiger partial charge >= 0.3 is 0 Å². The summed E-state index contributed by atoms with van der Waals surface area (Å²) in [6.07, 6.45) is 1.73. The second-order valence-corrected chi connectivity index (χ2v) is 5.14. The molecule has 0 aliphatic carbocycles. The van der Waals surface area contributed by atoms with Gasteiger partial charge in [0.15, 0.2) is 0 Å². The fourth-order valence-corrected chi connectivity index (χ4v) is 2.87. The van der Waals surface area contributed by atoms with E-state index in [1.54, 1.807) is 6.20 Å². The van der Waals surface area contributed by atoms with Gasteiger partial charge < -0.3 is 16.0 Å². The van der Waals surface area contributed by atoms with Crippen molar-refractivity contribution in [2.75, 3.05) is 36.8 Å². The van der Waals surface area contributed by atoms with Crippen molar-refractivity contribution >= 4 is 36.6 Å². The zero-order valence-corrected chi connectivity index (χ0v) is 11.9. The van der Waals surface area contributed by atoms with Crippen LogP contribution < -0.4 is 16.0 Å². The van der Waals surface area contributed by atoms with E-state index in [2.05, 4.69) is 27.1 Å². The van der Waals surface area contributed by atoms with Gasteiger partial charge in [0.25, 0.3) is 0 Å². The number of rotatable bonds is 1. The molecule has 2 saturated heterocycles. The zero-order chi connectivity index (χ0) is 11.2. The highest BCUT2D eigenvalue weighted by Crippen LogP contribution is 2.39. The maximum atomic E-state index is 5.61. The van der Waals surface area contributed by atoms with Crippen LogP contribution >= 0.6 is 24.8 Å². The number of aromatic nitrogens is 2. The van der Waals surface area contributed by atoms with Crippen LogP contribution in [0.15, 0.2) is 12.3 Å². The van der Waals surface area contributed by atoms with Gasteiger partial charge in [-0.25, -0.2) is 4.98 Å². The molecule has 0 amide bonds. The SMILES string of the molecule is C[C@]12CNC[C@H]1CN(c1ccnc(N)n1)C2.Cl.Cl. The van der Waals surface area contributed by atoms with Gasteiger partial charge in [0, 0.05) is 37.8 Å². The average molecular weight is 292 g/mol. The molecule has 18 heavy (non-hydrogen) atoms. The predicted octanol–water partition coefficient (Wildman–Crippen LogP) is 0.948. The number of fused-ring (bicyclic) bond motifs is 1. The summed E-state index contributed by atoms with van der Waals surface area (Å²) in [4.78, 5) is 10.5. The van der Waals surface area contributed by atoms with E-state index in [0.717, 1.165) is 37.9 Å².